The lowest BCUT2D eigenvalue weighted by molar-refractivity contribution is 0.229. The molecule has 0 atom stereocenters. The Morgan fingerprint density at radius 2 is 2.12 bits per heavy atom. The molecular weight excluding hydrogens is 245 g/mol. The standard InChI is InChI=1S/C11H14FN3O.ClH/c1-14-4-5-15(11(14)16)10-6-9(12)3-2-8(10)7-13;/h2-3,6H,4-5,7,13H2,1H3;1H. The number of benzene rings is 1. The third-order valence-corrected chi connectivity index (χ3v) is 2.77. The number of halogens is 2. The monoisotopic (exact) mass is 259 g/mol. The van der Waals surface area contributed by atoms with Gasteiger partial charge in [0.15, 0.2) is 0 Å². The van der Waals surface area contributed by atoms with E-state index in [0.717, 1.165) is 5.56 Å². The van der Waals surface area contributed by atoms with Gasteiger partial charge in [-0.2, -0.15) is 0 Å². The third kappa shape index (κ3) is 2.50. The average Bonchev–Trinajstić information content (AvgIpc) is 2.60. The van der Waals surface area contributed by atoms with Crippen LogP contribution in [0.5, 0.6) is 0 Å². The quantitative estimate of drug-likeness (QED) is 0.877. The van der Waals surface area contributed by atoms with E-state index < -0.39 is 0 Å². The Morgan fingerprint density at radius 1 is 1.41 bits per heavy atom. The summed E-state index contributed by atoms with van der Waals surface area (Å²) in [6, 6.07) is 4.23. The van der Waals surface area contributed by atoms with Crippen molar-refractivity contribution in [2.75, 3.05) is 25.0 Å². The second kappa shape index (κ2) is 5.33. The van der Waals surface area contributed by atoms with Crippen molar-refractivity contribution in [3.63, 3.8) is 0 Å². The third-order valence-electron chi connectivity index (χ3n) is 2.77. The number of carbonyl (C=O) groups excluding carboxylic acids is 1. The lowest BCUT2D eigenvalue weighted by atomic mass is 10.1. The second-order valence-corrected chi connectivity index (χ2v) is 3.83. The molecule has 6 heteroatoms. The van der Waals surface area contributed by atoms with Crippen LogP contribution in [0.25, 0.3) is 0 Å². The van der Waals surface area contributed by atoms with E-state index in [4.69, 9.17) is 5.73 Å². The molecule has 1 aliphatic heterocycles. The fourth-order valence-corrected chi connectivity index (χ4v) is 1.83. The van der Waals surface area contributed by atoms with Crippen molar-refractivity contribution in [3.05, 3.63) is 29.6 Å². The summed E-state index contributed by atoms with van der Waals surface area (Å²) in [6.45, 7) is 1.52. The van der Waals surface area contributed by atoms with Crippen molar-refractivity contribution in [2.24, 2.45) is 5.73 Å². The molecule has 2 N–H and O–H groups in total. The first kappa shape index (κ1) is 13.7. The van der Waals surface area contributed by atoms with Crippen molar-refractivity contribution >= 4 is 24.1 Å². The minimum atomic E-state index is -0.352. The molecule has 0 aromatic heterocycles. The van der Waals surface area contributed by atoms with Crippen LogP contribution in [0.1, 0.15) is 5.56 Å². The average molecular weight is 260 g/mol. The van der Waals surface area contributed by atoms with E-state index in [2.05, 4.69) is 0 Å². The molecule has 0 spiro atoms. The lowest BCUT2D eigenvalue weighted by Gasteiger charge is -2.19. The fourth-order valence-electron chi connectivity index (χ4n) is 1.83. The summed E-state index contributed by atoms with van der Waals surface area (Å²) in [5, 5.41) is 0. The molecule has 2 rings (SSSR count). The van der Waals surface area contributed by atoms with Crippen LogP contribution in [0, 0.1) is 5.82 Å². The normalized spacial score (nSPS) is 15.1. The van der Waals surface area contributed by atoms with E-state index in [1.165, 1.54) is 12.1 Å². The van der Waals surface area contributed by atoms with Gasteiger partial charge in [-0.3, -0.25) is 4.90 Å². The van der Waals surface area contributed by atoms with Crippen LogP contribution in [-0.4, -0.2) is 31.1 Å². The maximum atomic E-state index is 13.2. The molecule has 0 saturated carbocycles. The van der Waals surface area contributed by atoms with Crippen LogP contribution in [-0.2, 0) is 6.54 Å². The smallest absolute Gasteiger partial charge is 0.324 e. The summed E-state index contributed by atoms with van der Waals surface area (Å²) in [6.07, 6.45) is 0. The SMILES string of the molecule is CN1CCN(c2cc(F)ccc2CN)C1=O.Cl. The number of rotatable bonds is 2. The fraction of sp³-hybridized carbons (Fsp3) is 0.364. The van der Waals surface area contributed by atoms with Gasteiger partial charge in [0.05, 0.1) is 5.69 Å². The molecule has 1 heterocycles. The van der Waals surface area contributed by atoms with Gasteiger partial charge in [0.25, 0.3) is 0 Å². The number of nitrogens with two attached hydrogens (primary N) is 1. The van der Waals surface area contributed by atoms with Crippen LogP contribution in [0.2, 0.25) is 0 Å². The Balaban J connectivity index is 0.00000144. The Kier molecular flexibility index (Phi) is 4.31. The van der Waals surface area contributed by atoms with Crippen LogP contribution in [0.4, 0.5) is 14.9 Å². The predicted octanol–water partition coefficient (Wildman–Crippen LogP) is 1.58. The van der Waals surface area contributed by atoms with Gasteiger partial charge < -0.3 is 10.6 Å². The summed E-state index contributed by atoms with van der Waals surface area (Å²) in [5.41, 5.74) is 6.94. The van der Waals surface area contributed by atoms with E-state index >= 15 is 0 Å². The van der Waals surface area contributed by atoms with Gasteiger partial charge in [0.1, 0.15) is 5.82 Å². The first-order valence-corrected chi connectivity index (χ1v) is 5.14. The molecule has 1 fully saturated rings. The number of nitrogens with zero attached hydrogens (tertiary/aromatic N) is 2. The molecule has 0 unspecified atom stereocenters. The number of hydrogen-bond acceptors (Lipinski definition) is 2. The van der Waals surface area contributed by atoms with E-state index in [1.54, 1.807) is 22.9 Å². The molecule has 0 bridgehead atoms. The van der Waals surface area contributed by atoms with Gasteiger partial charge in [-0.05, 0) is 17.7 Å². The maximum absolute atomic E-state index is 13.2. The molecule has 2 amide bonds. The molecule has 1 aromatic carbocycles. The lowest BCUT2D eigenvalue weighted by Crippen LogP contribution is -2.30. The second-order valence-electron chi connectivity index (χ2n) is 3.83. The molecule has 1 saturated heterocycles. The van der Waals surface area contributed by atoms with Gasteiger partial charge >= 0.3 is 6.03 Å². The molecular formula is C11H15ClFN3O. The van der Waals surface area contributed by atoms with Crippen LogP contribution >= 0.6 is 12.4 Å². The summed E-state index contributed by atoms with van der Waals surface area (Å²) in [5.74, 6) is -0.352. The van der Waals surface area contributed by atoms with Gasteiger partial charge in [-0.15, -0.1) is 12.4 Å². The molecule has 1 aliphatic rings. The van der Waals surface area contributed by atoms with Crippen LogP contribution in [0.15, 0.2) is 18.2 Å². The van der Waals surface area contributed by atoms with Crippen molar-refractivity contribution in [1.82, 2.24) is 4.90 Å². The molecule has 1 aromatic rings. The number of urea groups is 1. The zero-order valence-electron chi connectivity index (χ0n) is 9.52. The van der Waals surface area contributed by atoms with Crippen molar-refractivity contribution in [2.45, 2.75) is 6.54 Å². The first-order chi connectivity index (χ1) is 7.63. The van der Waals surface area contributed by atoms with Gasteiger partial charge in [-0.25, -0.2) is 9.18 Å². The van der Waals surface area contributed by atoms with Crippen molar-refractivity contribution in [3.8, 4) is 0 Å². The van der Waals surface area contributed by atoms with E-state index in [1.807, 2.05) is 0 Å². The molecule has 4 nitrogen and oxygen atoms in total. The van der Waals surface area contributed by atoms with Gasteiger partial charge in [0, 0.05) is 26.7 Å². The highest BCUT2D eigenvalue weighted by atomic mass is 35.5. The summed E-state index contributed by atoms with van der Waals surface area (Å²) >= 11 is 0. The Bertz CT molecular complexity index is 427. The number of carbonyl (C=O) groups is 1. The zero-order valence-corrected chi connectivity index (χ0v) is 10.3. The summed E-state index contributed by atoms with van der Waals surface area (Å²) in [7, 11) is 1.73. The highest BCUT2D eigenvalue weighted by Gasteiger charge is 2.28. The molecule has 0 radical (unpaired) electrons. The summed E-state index contributed by atoms with van der Waals surface area (Å²) < 4.78 is 13.2. The van der Waals surface area contributed by atoms with E-state index in [0.29, 0.717) is 25.3 Å². The van der Waals surface area contributed by atoms with Crippen LogP contribution in [0.3, 0.4) is 0 Å². The zero-order chi connectivity index (χ0) is 11.7. The highest BCUT2D eigenvalue weighted by molar-refractivity contribution is 5.94. The maximum Gasteiger partial charge on any atom is 0.324 e. The molecule has 17 heavy (non-hydrogen) atoms. The van der Waals surface area contributed by atoms with Gasteiger partial charge in [-0.1, -0.05) is 6.07 Å². The number of likely N-dealkylation sites (N-methyl/N-ethyl adjacent to an activating group) is 1. The minimum absolute atomic E-state index is 0. The topological polar surface area (TPSA) is 49.6 Å². The Hall–Kier alpha value is -1.33. The largest absolute Gasteiger partial charge is 0.326 e. The Labute approximate surface area is 106 Å². The highest BCUT2D eigenvalue weighted by Crippen LogP contribution is 2.24. The van der Waals surface area contributed by atoms with Gasteiger partial charge in [0.2, 0.25) is 0 Å². The van der Waals surface area contributed by atoms with E-state index in [9.17, 15) is 9.18 Å². The van der Waals surface area contributed by atoms with Crippen molar-refractivity contribution < 1.29 is 9.18 Å². The van der Waals surface area contributed by atoms with Crippen LogP contribution < -0.4 is 10.6 Å². The number of hydrogen-bond donors (Lipinski definition) is 1. The molecule has 0 aliphatic carbocycles. The predicted molar refractivity (Wildman–Crippen MR) is 66.9 cm³/mol. The number of anilines is 1. The van der Waals surface area contributed by atoms with E-state index in [-0.39, 0.29) is 24.3 Å². The van der Waals surface area contributed by atoms with Crippen molar-refractivity contribution in [1.29, 1.82) is 0 Å². The molecule has 94 valence electrons. The summed E-state index contributed by atoms with van der Waals surface area (Å²) in [4.78, 5) is 14.9. The number of amides is 2. The minimum Gasteiger partial charge on any atom is -0.326 e. The first-order valence-electron chi connectivity index (χ1n) is 5.14. The Morgan fingerprint density at radius 3 is 2.65 bits per heavy atom.